The zero-order valence-corrected chi connectivity index (χ0v) is 22.1. The summed E-state index contributed by atoms with van der Waals surface area (Å²) in [7, 11) is 0. The third kappa shape index (κ3) is 3.39. The maximum absolute atomic E-state index is 8.86. The van der Waals surface area contributed by atoms with Gasteiger partial charge in [-0.15, -0.1) is 0 Å². The number of hydrogen-bond acceptors (Lipinski definition) is 0. The van der Waals surface area contributed by atoms with E-state index in [1.54, 1.807) is 0 Å². The summed E-state index contributed by atoms with van der Waals surface area (Å²) in [6.45, 7) is 2.21. The monoisotopic (exact) mass is 513 g/mol. The fourth-order valence-corrected chi connectivity index (χ4v) is 6.51. The van der Waals surface area contributed by atoms with E-state index in [9.17, 15) is 0 Å². The van der Waals surface area contributed by atoms with Crippen LogP contribution in [0.4, 0.5) is 0 Å². The molecule has 0 amide bonds. The first-order valence-corrected chi connectivity index (χ1v) is 13.8. The van der Waals surface area contributed by atoms with Gasteiger partial charge in [-0.05, 0) is 106 Å². The largest absolute Gasteiger partial charge is 0.0629 e. The van der Waals surface area contributed by atoms with Gasteiger partial charge in [-0.25, -0.2) is 0 Å². The van der Waals surface area contributed by atoms with Crippen LogP contribution in [-0.2, 0) is 6.42 Å². The quantitative estimate of drug-likeness (QED) is 0.163. The Labute approximate surface area is 241 Å². The first kappa shape index (κ1) is 18.4. The molecule has 0 aliphatic rings. The lowest BCUT2D eigenvalue weighted by molar-refractivity contribution is 1.16. The Kier molecular flexibility index (Phi) is 4.16. The number of aryl methyl sites for hydroxylation is 1. The zero-order valence-electron chi connectivity index (χ0n) is 27.1. The molecule has 0 nitrogen and oxygen atoms in total. The molecule has 188 valence electrons. The minimum absolute atomic E-state index is 0.194. The Morgan fingerprint density at radius 2 is 1.02 bits per heavy atom. The first-order valence-electron chi connectivity index (χ1n) is 16.3. The van der Waals surface area contributed by atoms with E-state index in [0.717, 1.165) is 39.1 Å². The van der Waals surface area contributed by atoms with Gasteiger partial charge in [0.25, 0.3) is 0 Å². The van der Waals surface area contributed by atoms with Gasteiger partial charge in [0.15, 0.2) is 0 Å². The van der Waals surface area contributed by atoms with Gasteiger partial charge in [-0.1, -0.05) is 128 Å². The molecule has 0 atom stereocenters. The van der Waals surface area contributed by atoms with Gasteiger partial charge in [0.1, 0.15) is 0 Å². The summed E-state index contributed by atoms with van der Waals surface area (Å²) in [6, 6.07) is 36.7. The lowest BCUT2D eigenvalue weighted by atomic mass is 9.83. The average Bonchev–Trinajstić information content (AvgIpc) is 3.08. The van der Waals surface area contributed by atoms with Crippen molar-refractivity contribution in [3.63, 3.8) is 0 Å². The van der Waals surface area contributed by atoms with Crippen LogP contribution >= 0.6 is 0 Å². The second-order valence-electron chi connectivity index (χ2n) is 10.4. The summed E-state index contributed by atoms with van der Waals surface area (Å²) in [5.74, 6) is 0. The van der Waals surface area contributed by atoms with E-state index in [0.29, 0.717) is 5.56 Å². The molecule has 0 spiro atoms. The molecule has 0 heterocycles. The molecule has 0 bridgehead atoms. The molecule has 8 aromatic carbocycles. The van der Waals surface area contributed by atoms with Crippen LogP contribution in [0.25, 0.3) is 76.1 Å². The molecular formula is C40H28. The van der Waals surface area contributed by atoms with E-state index in [2.05, 4.69) is 79.7 Å². The second-order valence-corrected chi connectivity index (χ2v) is 10.4. The molecule has 40 heavy (non-hydrogen) atoms. The Morgan fingerprint density at radius 3 is 1.65 bits per heavy atom. The molecule has 0 radical (unpaired) electrons. The molecule has 0 heteroatoms. The maximum atomic E-state index is 8.86. The summed E-state index contributed by atoms with van der Waals surface area (Å²) in [5.41, 5.74) is 4.36. The van der Waals surface area contributed by atoms with E-state index in [1.165, 1.54) is 37.9 Å². The van der Waals surface area contributed by atoms with Crippen molar-refractivity contribution in [1.82, 2.24) is 0 Å². The van der Waals surface area contributed by atoms with Crippen LogP contribution in [0.3, 0.4) is 0 Å². The third-order valence-electron chi connectivity index (χ3n) is 8.28. The van der Waals surface area contributed by atoms with Crippen molar-refractivity contribution in [3.05, 3.63) is 145 Å². The highest BCUT2D eigenvalue weighted by molar-refractivity contribution is 6.25. The van der Waals surface area contributed by atoms with Crippen molar-refractivity contribution in [2.75, 3.05) is 0 Å². The highest BCUT2D eigenvalue weighted by Crippen LogP contribution is 2.46. The number of hydrogen-bond donors (Lipinski definition) is 0. The number of rotatable bonds is 3. The van der Waals surface area contributed by atoms with Crippen LogP contribution in [0.1, 0.15) is 19.3 Å². The summed E-state index contributed by atoms with van der Waals surface area (Å²) in [6.07, 6.45) is 0.898. The zero-order chi connectivity index (χ0) is 31.0. The molecule has 8 rings (SSSR count). The predicted molar refractivity (Wildman–Crippen MR) is 174 cm³/mol. The molecule has 8 aromatic rings. The molecule has 0 aromatic heterocycles. The van der Waals surface area contributed by atoms with E-state index < -0.39 is 0 Å². The smallest absolute Gasteiger partial charge is 0.0622 e. The molecular weight excluding hydrogens is 480 g/mol. The fraction of sp³-hybridized carbons (Fsp3) is 0.0500. The number of fused-ring (bicyclic) bond motifs is 6. The van der Waals surface area contributed by atoms with Gasteiger partial charge in [-0.3, -0.25) is 0 Å². The second kappa shape index (κ2) is 9.07. The normalized spacial score (nSPS) is 13.5. The van der Waals surface area contributed by atoms with Crippen LogP contribution in [0.5, 0.6) is 0 Å². The minimum Gasteiger partial charge on any atom is -0.0622 e. The van der Waals surface area contributed by atoms with Crippen LogP contribution < -0.4 is 0 Å². The predicted octanol–water partition coefficient (Wildman–Crippen LogP) is 11.3. The SMILES string of the molecule is [2H]c1c([2H])c([2H])c(-c2c3ccccc3c(-c3cccc4c3cc(CC)c3cc5ccccc5cc34)c3ccccc23)c([2H])c1[2H]. The Bertz CT molecular complexity index is 2440. The summed E-state index contributed by atoms with van der Waals surface area (Å²) < 4.78 is 42.7. The fourth-order valence-electron chi connectivity index (χ4n) is 6.51. The number of benzene rings is 8. The highest BCUT2D eigenvalue weighted by Gasteiger charge is 2.19. The average molecular weight is 514 g/mol. The maximum Gasteiger partial charge on any atom is 0.0629 e. The van der Waals surface area contributed by atoms with E-state index >= 15 is 0 Å². The Morgan fingerprint density at radius 1 is 0.475 bits per heavy atom. The lowest BCUT2D eigenvalue weighted by Gasteiger charge is -2.20. The minimum atomic E-state index is -0.388. The lowest BCUT2D eigenvalue weighted by Crippen LogP contribution is -1.93. The molecule has 0 unspecified atom stereocenters. The van der Waals surface area contributed by atoms with Crippen molar-refractivity contribution >= 4 is 53.9 Å². The van der Waals surface area contributed by atoms with Crippen molar-refractivity contribution in [1.29, 1.82) is 0 Å². The summed E-state index contributed by atoms with van der Waals surface area (Å²) in [5, 5.41) is 11.0. The van der Waals surface area contributed by atoms with Crippen molar-refractivity contribution in [3.8, 4) is 22.3 Å². The van der Waals surface area contributed by atoms with E-state index in [1.807, 2.05) is 36.4 Å². The van der Waals surface area contributed by atoms with Crippen LogP contribution in [0, 0.1) is 0 Å². The van der Waals surface area contributed by atoms with Crippen LogP contribution in [0.15, 0.2) is 139 Å². The molecule has 0 N–H and O–H groups in total. The van der Waals surface area contributed by atoms with Gasteiger partial charge < -0.3 is 0 Å². The Balaban J connectivity index is 1.55. The van der Waals surface area contributed by atoms with E-state index in [4.69, 9.17) is 6.85 Å². The topological polar surface area (TPSA) is 0 Å². The van der Waals surface area contributed by atoms with Gasteiger partial charge in [0.05, 0.1) is 6.85 Å². The third-order valence-corrected chi connectivity index (χ3v) is 8.28. The molecule has 0 aliphatic carbocycles. The van der Waals surface area contributed by atoms with Crippen molar-refractivity contribution in [2.24, 2.45) is 0 Å². The van der Waals surface area contributed by atoms with E-state index in [-0.39, 0.29) is 35.8 Å². The molecule has 0 fully saturated rings. The van der Waals surface area contributed by atoms with Crippen LogP contribution in [-0.4, -0.2) is 0 Å². The van der Waals surface area contributed by atoms with Gasteiger partial charge >= 0.3 is 0 Å². The molecule has 0 saturated heterocycles. The van der Waals surface area contributed by atoms with Crippen molar-refractivity contribution in [2.45, 2.75) is 13.3 Å². The highest BCUT2D eigenvalue weighted by atomic mass is 14.2. The van der Waals surface area contributed by atoms with Gasteiger partial charge in [0, 0.05) is 0 Å². The van der Waals surface area contributed by atoms with Crippen LogP contribution in [0.2, 0.25) is 0 Å². The van der Waals surface area contributed by atoms with Gasteiger partial charge in [-0.2, -0.15) is 0 Å². The standard InChI is InChI=1S/C40H28/c1-2-26-23-37-30(38-25-29-16-7-6-15-28(29)24-36(26)38)21-12-22-35(37)40-33-19-10-8-17-31(33)39(27-13-4-3-5-14-27)32-18-9-11-20-34(32)40/h3-25H,2H2,1H3/i3D,4D,5D,13D,14D. The Hall–Kier alpha value is -4.94. The van der Waals surface area contributed by atoms with Crippen molar-refractivity contribution < 1.29 is 6.85 Å². The molecule has 0 saturated carbocycles. The molecule has 0 aliphatic heterocycles. The summed E-state index contributed by atoms with van der Waals surface area (Å²) >= 11 is 0. The van der Waals surface area contributed by atoms with Gasteiger partial charge in [0.2, 0.25) is 0 Å². The first-order chi connectivity index (χ1) is 21.9. The summed E-state index contributed by atoms with van der Waals surface area (Å²) in [4.78, 5) is 0.